The Labute approximate surface area is 159 Å². The van der Waals surface area contributed by atoms with Crippen molar-refractivity contribution in [3.05, 3.63) is 34.3 Å². The number of halogens is 2. The Hall–Kier alpha value is -0.580. The molecule has 0 radical (unpaired) electrons. The fourth-order valence-electron chi connectivity index (χ4n) is 4.17. The summed E-state index contributed by atoms with van der Waals surface area (Å²) in [4.78, 5) is 13.3. The molecule has 1 saturated heterocycles. The summed E-state index contributed by atoms with van der Waals surface area (Å²) in [5.41, 5.74) is 0.835. The van der Waals surface area contributed by atoms with Gasteiger partial charge < -0.3 is 10.6 Å². The Balaban J connectivity index is 0.00000208. The lowest BCUT2D eigenvalue weighted by Crippen LogP contribution is -2.53. The maximum Gasteiger partial charge on any atom is 0.230 e. The van der Waals surface area contributed by atoms with Gasteiger partial charge in [0.1, 0.15) is 0 Å². The number of carbonyl (C=O) groups excluding carboxylic acids is 1. The van der Waals surface area contributed by atoms with Crippen LogP contribution < -0.4 is 10.6 Å². The van der Waals surface area contributed by atoms with Gasteiger partial charge in [0.05, 0.1) is 5.41 Å². The second-order valence-corrected chi connectivity index (χ2v) is 8.12. The van der Waals surface area contributed by atoms with E-state index >= 15 is 0 Å². The predicted molar refractivity (Wildman–Crippen MR) is 105 cm³/mol. The molecule has 1 aromatic rings. The van der Waals surface area contributed by atoms with E-state index in [1.54, 1.807) is 0 Å². The normalized spacial score (nSPS) is 26.2. The molecule has 0 spiro atoms. The number of rotatable bonds is 3. The monoisotopic (exact) mass is 414 g/mol. The standard InChI is InChI=1S/C19H27BrN2O.ClH/c1-14-12-17(8-11-21-14)22-18(23)19(9-3-2-4-10-19)15-6-5-7-16(20)13-15;/h5-7,13-14,17,21H,2-4,8-12H2,1H3,(H,22,23);1H. The summed E-state index contributed by atoms with van der Waals surface area (Å²) in [6.45, 7) is 3.19. The molecular formula is C19H28BrClN2O. The molecule has 1 amide bonds. The van der Waals surface area contributed by atoms with Crippen LogP contribution in [0, 0.1) is 0 Å². The highest BCUT2D eigenvalue weighted by molar-refractivity contribution is 9.10. The van der Waals surface area contributed by atoms with Crippen LogP contribution in [0.1, 0.15) is 57.4 Å². The molecule has 1 heterocycles. The third kappa shape index (κ3) is 4.33. The Morgan fingerprint density at radius 3 is 2.71 bits per heavy atom. The van der Waals surface area contributed by atoms with Crippen LogP contribution in [-0.4, -0.2) is 24.5 Å². The molecule has 2 atom stereocenters. The zero-order valence-electron chi connectivity index (χ0n) is 14.3. The van der Waals surface area contributed by atoms with Crippen LogP contribution in [0.3, 0.4) is 0 Å². The number of piperidine rings is 1. The lowest BCUT2D eigenvalue weighted by molar-refractivity contribution is -0.129. The molecule has 2 N–H and O–H groups in total. The molecule has 1 aliphatic heterocycles. The first-order chi connectivity index (χ1) is 11.1. The smallest absolute Gasteiger partial charge is 0.230 e. The van der Waals surface area contributed by atoms with E-state index in [1.807, 2.05) is 6.07 Å². The van der Waals surface area contributed by atoms with Gasteiger partial charge in [0.2, 0.25) is 5.91 Å². The Morgan fingerprint density at radius 2 is 2.04 bits per heavy atom. The van der Waals surface area contributed by atoms with Gasteiger partial charge in [-0.25, -0.2) is 0 Å². The van der Waals surface area contributed by atoms with Crippen molar-refractivity contribution >= 4 is 34.2 Å². The van der Waals surface area contributed by atoms with Crippen molar-refractivity contribution in [1.82, 2.24) is 10.6 Å². The van der Waals surface area contributed by atoms with Gasteiger partial charge in [-0.15, -0.1) is 12.4 Å². The number of benzene rings is 1. The first-order valence-corrected chi connectivity index (χ1v) is 9.70. The first kappa shape index (κ1) is 19.7. The summed E-state index contributed by atoms with van der Waals surface area (Å²) in [6.07, 6.45) is 7.52. The van der Waals surface area contributed by atoms with E-state index in [0.717, 1.165) is 49.5 Å². The minimum atomic E-state index is -0.337. The van der Waals surface area contributed by atoms with Gasteiger partial charge in [0.25, 0.3) is 0 Å². The quantitative estimate of drug-likeness (QED) is 0.771. The minimum Gasteiger partial charge on any atom is -0.352 e. The molecule has 3 nitrogen and oxygen atoms in total. The van der Waals surface area contributed by atoms with Crippen molar-refractivity contribution in [2.45, 2.75) is 69.4 Å². The second kappa shape index (κ2) is 8.68. The van der Waals surface area contributed by atoms with Crippen LogP contribution in [-0.2, 0) is 10.2 Å². The van der Waals surface area contributed by atoms with E-state index in [-0.39, 0.29) is 23.7 Å². The number of hydrogen-bond donors (Lipinski definition) is 2. The van der Waals surface area contributed by atoms with E-state index in [1.165, 1.54) is 12.0 Å². The second-order valence-electron chi connectivity index (χ2n) is 7.20. The molecule has 24 heavy (non-hydrogen) atoms. The van der Waals surface area contributed by atoms with Crippen LogP contribution in [0.2, 0.25) is 0 Å². The van der Waals surface area contributed by atoms with Crippen molar-refractivity contribution in [3.63, 3.8) is 0 Å². The fraction of sp³-hybridized carbons (Fsp3) is 0.632. The van der Waals surface area contributed by atoms with E-state index in [4.69, 9.17) is 0 Å². The molecule has 2 unspecified atom stereocenters. The summed E-state index contributed by atoms with van der Waals surface area (Å²) in [7, 11) is 0. The summed E-state index contributed by atoms with van der Waals surface area (Å²) in [6, 6.07) is 9.14. The van der Waals surface area contributed by atoms with Crippen LogP contribution in [0.15, 0.2) is 28.7 Å². The third-order valence-electron chi connectivity index (χ3n) is 5.48. The van der Waals surface area contributed by atoms with Crippen molar-refractivity contribution in [3.8, 4) is 0 Å². The molecule has 2 fully saturated rings. The number of hydrogen-bond acceptors (Lipinski definition) is 2. The summed E-state index contributed by atoms with van der Waals surface area (Å²) in [5, 5.41) is 6.84. The number of nitrogens with one attached hydrogen (secondary N) is 2. The molecule has 1 aliphatic carbocycles. The Kier molecular flexibility index (Phi) is 7.14. The molecule has 0 aromatic heterocycles. The van der Waals surface area contributed by atoms with Crippen LogP contribution in [0.25, 0.3) is 0 Å². The zero-order valence-corrected chi connectivity index (χ0v) is 16.7. The molecule has 3 rings (SSSR count). The molecule has 5 heteroatoms. The topological polar surface area (TPSA) is 41.1 Å². The van der Waals surface area contributed by atoms with Crippen molar-refractivity contribution < 1.29 is 4.79 Å². The van der Waals surface area contributed by atoms with Crippen molar-refractivity contribution in [1.29, 1.82) is 0 Å². The largest absolute Gasteiger partial charge is 0.352 e. The molecule has 134 valence electrons. The zero-order chi connectivity index (χ0) is 16.3. The predicted octanol–water partition coefficient (Wildman–Crippen LogP) is 4.33. The molecule has 0 bridgehead atoms. The molecular weight excluding hydrogens is 388 g/mol. The van der Waals surface area contributed by atoms with Crippen molar-refractivity contribution in [2.24, 2.45) is 0 Å². The van der Waals surface area contributed by atoms with Crippen molar-refractivity contribution in [2.75, 3.05) is 6.54 Å². The maximum absolute atomic E-state index is 13.3. The van der Waals surface area contributed by atoms with E-state index < -0.39 is 0 Å². The highest BCUT2D eigenvalue weighted by Gasteiger charge is 2.42. The SMILES string of the molecule is CC1CC(NC(=O)C2(c3cccc(Br)c3)CCCCC2)CCN1.Cl. The highest BCUT2D eigenvalue weighted by Crippen LogP contribution is 2.40. The lowest BCUT2D eigenvalue weighted by atomic mass is 9.68. The maximum atomic E-state index is 13.3. The first-order valence-electron chi connectivity index (χ1n) is 8.90. The molecule has 1 saturated carbocycles. The third-order valence-corrected chi connectivity index (χ3v) is 5.97. The van der Waals surface area contributed by atoms with E-state index in [2.05, 4.69) is 51.7 Å². The number of amides is 1. The van der Waals surface area contributed by atoms with Gasteiger partial charge in [0.15, 0.2) is 0 Å². The van der Waals surface area contributed by atoms with Gasteiger partial charge in [-0.3, -0.25) is 4.79 Å². The van der Waals surface area contributed by atoms with Gasteiger partial charge in [-0.05, 0) is 56.8 Å². The van der Waals surface area contributed by atoms with Gasteiger partial charge in [-0.2, -0.15) is 0 Å². The Morgan fingerprint density at radius 1 is 1.29 bits per heavy atom. The number of carbonyl (C=O) groups is 1. The van der Waals surface area contributed by atoms with Crippen LogP contribution in [0.4, 0.5) is 0 Å². The fourth-order valence-corrected chi connectivity index (χ4v) is 4.57. The lowest BCUT2D eigenvalue weighted by Gasteiger charge is -2.39. The van der Waals surface area contributed by atoms with E-state index in [9.17, 15) is 4.79 Å². The average molecular weight is 416 g/mol. The minimum absolute atomic E-state index is 0. The molecule has 2 aliphatic rings. The van der Waals surface area contributed by atoms with Crippen LogP contribution in [0.5, 0.6) is 0 Å². The van der Waals surface area contributed by atoms with Crippen LogP contribution >= 0.6 is 28.3 Å². The van der Waals surface area contributed by atoms with E-state index in [0.29, 0.717) is 12.1 Å². The highest BCUT2D eigenvalue weighted by atomic mass is 79.9. The van der Waals surface area contributed by atoms with Gasteiger partial charge >= 0.3 is 0 Å². The average Bonchev–Trinajstić information content (AvgIpc) is 2.55. The van der Waals surface area contributed by atoms with Gasteiger partial charge in [-0.1, -0.05) is 47.3 Å². The summed E-state index contributed by atoms with van der Waals surface area (Å²) in [5.74, 6) is 0.245. The summed E-state index contributed by atoms with van der Waals surface area (Å²) >= 11 is 3.57. The Bertz CT molecular complexity index is 560. The molecule has 1 aromatic carbocycles. The van der Waals surface area contributed by atoms with Gasteiger partial charge in [0, 0.05) is 16.6 Å². The summed E-state index contributed by atoms with van der Waals surface area (Å²) < 4.78 is 1.06.